The number of fused-ring (bicyclic) bond motifs is 1. The van der Waals surface area contributed by atoms with Crippen molar-refractivity contribution in [3.8, 4) is 0 Å². The van der Waals surface area contributed by atoms with E-state index in [9.17, 15) is 14.4 Å². The molecular formula is C22H26ClN5O3. The number of anilines is 3. The highest BCUT2D eigenvalue weighted by Gasteiger charge is 2.35. The molecule has 2 aromatic rings. The molecule has 8 nitrogen and oxygen atoms in total. The fourth-order valence-corrected chi connectivity index (χ4v) is 4.65. The van der Waals surface area contributed by atoms with Gasteiger partial charge in [-0.25, -0.2) is 0 Å². The SMILES string of the molecule is Cc1ccc(NC(=O)[C@H]2CC(=O)Nc3nc(N4C[C@H](C)C[C@@H](C)C4)[nH]c(=O)c32)cc1Cl. The number of aryl methyl sites for hydroxylation is 1. The number of rotatable bonds is 3. The number of hydrogen-bond acceptors (Lipinski definition) is 5. The zero-order chi connectivity index (χ0) is 22.3. The van der Waals surface area contributed by atoms with Crippen LogP contribution in [0.4, 0.5) is 17.5 Å². The summed E-state index contributed by atoms with van der Waals surface area (Å²) in [5.41, 5.74) is 1.16. The van der Waals surface area contributed by atoms with E-state index in [1.165, 1.54) is 0 Å². The van der Waals surface area contributed by atoms with Gasteiger partial charge >= 0.3 is 0 Å². The smallest absolute Gasteiger partial charge is 0.258 e. The first-order valence-electron chi connectivity index (χ1n) is 10.5. The summed E-state index contributed by atoms with van der Waals surface area (Å²) in [6, 6.07) is 5.16. The van der Waals surface area contributed by atoms with Crippen molar-refractivity contribution in [3.63, 3.8) is 0 Å². The fourth-order valence-electron chi connectivity index (χ4n) is 4.47. The minimum Gasteiger partial charge on any atom is -0.342 e. The summed E-state index contributed by atoms with van der Waals surface area (Å²) >= 11 is 6.14. The third-order valence-electron chi connectivity index (χ3n) is 5.86. The Labute approximate surface area is 185 Å². The van der Waals surface area contributed by atoms with Gasteiger partial charge in [0.1, 0.15) is 5.82 Å². The molecule has 0 aliphatic carbocycles. The van der Waals surface area contributed by atoms with Crippen molar-refractivity contribution in [2.75, 3.05) is 28.6 Å². The molecule has 2 aliphatic heterocycles. The third kappa shape index (κ3) is 4.44. The number of hydrogen-bond donors (Lipinski definition) is 3. The van der Waals surface area contributed by atoms with Crippen LogP contribution in [0.5, 0.6) is 0 Å². The molecule has 2 amide bonds. The molecule has 0 unspecified atom stereocenters. The maximum atomic E-state index is 13.0. The van der Waals surface area contributed by atoms with E-state index in [0.29, 0.717) is 28.5 Å². The lowest BCUT2D eigenvalue weighted by molar-refractivity contribution is -0.123. The van der Waals surface area contributed by atoms with E-state index in [2.05, 4.69) is 34.4 Å². The van der Waals surface area contributed by atoms with Crippen LogP contribution < -0.4 is 21.1 Å². The number of carbonyl (C=O) groups is 2. The van der Waals surface area contributed by atoms with Crippen molar-refractivity contribution in [1.82, 2.24) is 9.97 Å². The average Bonchev–Trinajstić information content (AvgIpc) is 2.69. The summed E-state index contributed by atoms with van der Waals surface area (Å²) in [5.74, 6) is -0.209. The summed E-state index contributed by atoms with van der Waals surface area (Å²) < 4.78 is 0. The molecule has 31 heavy (non-hydrogen) atoms. The predicted octanol–water partition coefficient (Wildman–Crippen LogP) is 3.28. The summed E-state index contributed by atoms with van der Waals surface area (Å²) in [6.45, 7) is 7.75. The lowest BCUT2D eigenvalue weighted by atomic mass is 9.91. The van der Waals surface area contributed by atoms with Crippen LogP contribution in [0.3, 0.4) is 0 Å². The van der Waals surface area contributed by atoms with Gasteiger partial charge in [-0.2, -0.15) is 4.98 Å². The second kappa shape index (κ2) is 8.34. The van der Waals surface area contributed by atoms with Gasteiger partial charge in [0.25, 0.3) is 5.56 Å². The van der Waals surface area contributed by atoms with Crippen molar-refractivity contribution in [1.29, 1.82) is 0 Å². The number of H-pyrrole nitrogens is 1. The quantitative estimate of drug-likeness (QED) is 0.674. The van der Waals surface area contributed by atoms with E-state index in [4.69, 9.17) is 11.6 Å². The van der Waals surface area contributed by atoms with Crippen molar-refractivity contribution >= 4 is 40.9 Å². The van der Waals surface area contributed by atoms with Crippen molar-refractivity contribution < 1.29 is 9.59 Å². The first kappa shape index (κ1) is 21.4. The molecule has 1 aromatic heterocycles. The van der Waals surface area contributed by atoms with E-state index in [0.717, 1.165) is 25.1 Å². The van der Waals surface area contributed by atoms with E-state index >= 15 is 0 Å². The van der Waals surface area contributed by atoms with Crippen LogP contribution in [-0.4, -0.2) is 34.9 Å². The second-order valence-corrected chi connectivity index (χ2v) is 9.17. The topological polar surface area (TPSA) is 107 Å². The molecule has 0 saturated carbocycles. The summed E-state index contributed by atoms with van der Waals surface area (Å²) in [7, 11) is 0. The van der Waals surface area contributed by atoms with Gasteiger partial charge in [-0.05, 0) is 42.9 Å². The lowest BCUT2D eigenvalue weighted by Crippen LogP contribution is -2.42. The largest absolute Gasteiger partial charge is 0.342 e. The highest BCUT2D eigenvalue weighted by atomic mass is 35.5. The summed E-state index contributed by atoms with van der Waals surface area (Å²) in [6.07, 6.45) is 0.994. The van der Waals surface area contributed by atoms with Gasteiger partial charge in [0, 0.05) is 30.2 Å². The molecule has 2 aliphatic rings. The van der Waals surface area contributed by atoms with Gasteiger partial charge in [-0.15, -0.1) is 0 Å². The Morgan fingerprint density at radius 1 is 1.23 bits per heavy atom. The highest BCUT2D eigenvalue weighted by molar-refractivity contribution is 6.31. The first-order valence-corrected chi connectivity index (χ1v) is 10.8. The third-order valence-corrected chi connectivity index (χ3v) is 6.27. The Bertz CT molecular complexity index is 1090. The summed E-state index contributed by atoms with van der Waals surface area (Å²) in [4.78, 5) is 47.7. The zero-order valence-corrected chi connectivity index (χ0v) is 18.5. The molecule has 9 heteroatoms. The van der Waals surface area contributed by atoms with Crippen molar-refractivity contribution in [3.05, 3.63) is 44.7 Å². The monoisotopic (exact) mass is 443 g/mol. The minimum absolute atomic E-state index is 0.125. The van der Waals surface area contributed by atoms with Gasteiger partial charge < -0.3 is 15.5 Å². The Kier molecular flexibility index (Phi) is 5.75. The molecule has 3 N–H and O–H groups in total. The number of benzene rings is 1. The van der Waals surface area contributed by atoms with Gasteiger partial charge in [-0.1, -0.05) is 31.5 Å². The number of nitrogens with one attached hydrogen (secondary N) is 3. The lowest BCUT2D eigenvalue weighted by Gasteiger charge is -2.35. The molecule has 0 spiro atoms. The van der Waals surface area contributed by atoms with Crippen LogP contribution in [0.25, 0.3) is 0 Å². The predicted molar refractivity (Wildman–Crippen MR) is 121 cm³/mol. The normalized spacial score (nSPS) is 23.2. The molecule has 1 saturated heterocycles. The fraction of sp³-hybridized carbons (Fsp3) is 0.455. The number of nitrogens with zero attached hydrogens (tertiary/aromatic N) is 2. The zero-order valence-electron chi connectivity index (χ0n) is 17.8. The molecule has 164 valence electrons. The van der Waals surface area contributed by atoms with Gasteiger partial charge in [0.2, 0.25) is 17.8 Å². The van der Waals surface area contributed by atoms with Crippen LogP contribution in [-0.2, 0) is 9.59 Å². The van der Waals surface area contributed by atoms with Crippen molar-refractivity contribution in [2.45, 2.75) is 39.5 Å². The molecule has 1 fully saturated rings. The molecule has 0 radical (unpaired) electrons. The van der Waals surface area contributed by atoms with E-state index in [1.54, 1.807) is 18.2 Å². The molecule has 3 atom stereocenters. The molecular weight excluding hydrogens is 418 g/mol. The van der Waals surface area contributed by atoms with Gasteiger partial charge in [0.15, 0.2) is 0 Å². The van der Waals surface area contributed by atoms with Crippen LogP contribution in [0.2, 0.25) is 5.02 Å². The maximum absolute atomic E-state index is 13.0. The Morgan fingerprint density at radius 3 is 2.61 bits per heavy atom. The number of halogens is 1. The van der Waals surface area contributed by atoms with E-state index in [-0.39, 0.29) is 23.7 Å². The summed E-state index contributed by atoms with van der Waals surface area (Å²) in [5, 5.41) is 5.96. The Morgan fingerprint density at radius 2 is 1.94 bits per heavy atom. The van der Waals surface area contributed by atoms with E-state index in [1.807, 2.05) is 11.8 Å². The van der Waals surface area contributed by atoms with Crippen LogP contribution in [0, 0.1) is 18.8 Å². The molecule has 3 heterocycles. The second-order valence-electron chi connectivity index (χ2n) is 8.76. The number of aromatic amines is 1. The standard InChI is InChI=1S/C22H26ClN5O3/c1-11-6-12(2)10-28(9-11)22-26-19-18(21(31)27-22)15(8-17(29)25-19)20(30)24-14-5-4-13(3)16(23)7-14/h4-5,7,11-12,15H,6,8-10H2,1-3H3,(H,24,30)(H2,25,26,27,29,31)/t11-,12-,15+/m1/s1. The highest BCUT2D eigenvalue weighted by Crippen LogP contribution is 2.32. The van der Waals surface area contributed by atoms with E-state index < -0.39 is 17.4 Å². The van der Waals surface area contributed by atoms with Crippen LogP contribution in [0.15, 0.2) is 23.0 Å². The number of carbonyl (C=O) groups excluding carboxylic acids is 2. The number of amides is 2. The number of piperidine rings is 1. The maximum Gasteiger partial charge on any atom is 0.258 e. The van der Waals surface area contributed by atoms with Crippen molar-refractivity contribution in [2.24, 2.45) is 11.8 Å². The first-order chi connectivity index (χ1) is 14.7. The molecule has 4 rings (SSSR count). The minimum atomic E-state index is -0.937. The Balaban J connectivity index is 1.64. The van der Waals surface area contributed by atoms with Gasteiger partial charge in [0.05, 0.1) is 11.5 Å². The molecule has 1 aromatic carbocycles. The average molecular weight is 444 g/mol. The van der Waals surface area contributed by atoms with Crippen LogP contribution >= 0.6 is 11.6 Å². The van der Waals surface area contributed by atoms with Crippen LogP contribution in [0.1, 0.15) is 43.7 Å². The van der Waals surface area contributed by atoms with Gasteiger partial charge in [-0.3, -0.25) is 19.4 Å². The number of aromatic nitrogens is 2. The Hall–Kier alpha value is -2.87. The molecule has 0 bridgehead atoms.